The molecule has 0 bridgehead atoms. The number of aryl methyl sites for hydroxylation is 1. The summed E-state index contributed by atoms with van der Waals surface area (Å²) in [4.78, 5) is 19.1. The largest absolute Gasteiger partial charge is 0.350 e. The first-order valence-corrected chi connectivity index (χ1v) is 9.23. The number of hydrogen-bond donors (Lipinski definition) is 2. The summed E-state index contributed by atoms with van der Waals surface area (Å²) in [6.45, 7) is 2.53. The molecule has 0 radical (unpaired) electrons. The van der Waals surface area contributed by atoms with Gasteiger partial charge in [0.25, 0.3) is 5.91 Å². The van der Waals surface area contributed by atoms with Crippen LogP contribution < -0.4 is 5.32 Å². The number of carbonyl (C=O) groups excluding carboxylic acids is 1. The number of fused-ring (bicyclic) bond motifs is 1. The van der Waals surface area contributed by atoms with Crippen molar-refractivity contribution in [3.8, 4) is 11.4 Å². The van der Waals surface area contributed by atoms with Gasteiger partial charge >= 0.3 is 0 Å². The van der Waals surface area contributed by atoms with Crippen molar-refractivity contribution in [1.82, 2.24) is 25.0 Å². The van der Waals surface area contributed by atoms with Gasteiger partial charge in [-0.05, 0) is 30.0 Å². The summed E-state index contributed by atoms with van der Waals surface area (Å²) >= 11 is 1.68. The van der Waals surface area contributed by atoms with E-state index in [-0.39, 0.29) is 5.91 Å². The van der Waals surface area contributed by atoms with Crippen LogP contribution in [0, 0.1) is 0 Å². The molecule has 8 heteroatoms. The summed E-state index contributed by atoms with van der Waals surface area (Å²) in [5, 5.41) is 13.2. The third kappa shape index (κ3) is 3.21. The number of thioether (sulfide) groups is 1. The van der Waals surface area contributed by atoms with Crippen molar-refractivity contribution in [2.75, 3.05) is 19.6 Å². The van der Waals surface area contributed by atoms with Gasteiger partial charge in [0.1, 0.15) is 11.4 Å². The van der Waals surface area contributed by atoms with E-state index in [4.69, 9.17) is 0 Å². The van der Waals surface area contributed by atoms with E-state index in [0.717, 1.165) is 42.5 Å². The van der Waals surface area contributed by atoms with E-state index < -0.39 is 0 Å². The second-order valence-electron chi connectivity index (χ2n) is 6.07. The summed E-state index contributed by atoms with van der Waals surface area (Å²) in [5.41, 5.74) is 3.45. The summed E-state index contributed by atoms with van der Waals surface area (Å²) < 4.78 is 1.97. The van der Waals surface area contributed by atoms with Crippen LogP contribution in [0.25, 0.3) is 11.4 Å². The van der Waals surface area contributed by atoms with Gasteiger partial charge in [0.2, 0.25) is 0 Å². The Labute approximate surface area is 150 Å². The van der Waals surface area contributed by atoms with Crippen molar-refractivity contribution >= 4 is 22.8 Å². The molecule has 0 atom stereocenters. The Balaban J connectivity index is 1.33. The molecule has 25 heavy (non-hydrogen) atoms. The highest BCUT2D eigenvalue weighted by molar-refractivity contribution is 8.16. The average molecular weight is 356 g/mol. The molecule has 0 saturated heterocycles. The van der Waals surface area contributed by atoms with Gasteiger partial charge in [-0.2, -0.15) is 5.10 Å². The van der Waals surface area contributed by atoms with Gasteiger partial charge in [-0.1, -0.05) is 11.8 Å². The van der Waals surface area contributed by atoms with Gasteiger partial charge in [0.15, 0.2) is 5.17 Å². The minimum Gasteiger partial charge on any atom is -0.350 e. The number of nitrogens with zero attached hydrogens (tertiary/aromatic N) is 4. The molecular weight excluding hydrogens is 336 g/mol. The fourth-order valence-electron chi connectivity index (χ4n) is 3.03. The van der Waals surface area contributed by atoms with E-state index >= 15 is 0 Å². The van der Waals surface area contributed by atoms with Crippen LogP contribution in [0.2, 0.25) is 0 Å². The molecule has 2 aliphatic rings. The van der Waals surface area contributed by atoms with Crippen LogP contribution in [-0.4, -0.2) is 50.4 Å². The first-order valence-electron chi connectivity index (χ1n) is 8.35. The number of carbonyl (C=O) groups is 1. The molecule has 0 fully saturated rings. The van der Waals surface area contributed by atoms with E-state index in [9.17, 15) is 4.79 Å². The Kier molecular flexibility index (Phi) is 4.35. The molecule has 2 aromatic heterocycles. The summed E-state index contributed by atoms with van der Waals surface area (Å²) in [6, 6.07) is 5.71. The Morgan fingerprint density at radius 3 is 3.24 bits per heavy atom. The van der Waals surface area contributed by atoms with Gasteiger partial charge in [0, 0.05) is 45.0 Å². The quantitative estimate of drug-likeness (QED) is 0.861. The van der Waals surface area contributed by atoms with Crippen LogP contribution in [0.4, 0.5) is 0 Å². The van der Waals surface area contributed by atoms with Gasteiger partial charge in [-0.15, -0.1) is 0 Å². The maximum atomic E-state index is 12.3. The highest BCUT2D eigenvalue weighted by atomic mass is 32.2. The minimum absolute atomic E-state index is 0.133. The van der Waals surface area contributed by atoms with Gasteiger partial charge in [-0.25, -0.2) is 0 Å². The van der Waals surface area contributed by atoms with Crippen LogP contribution in [0.3, 0.4) is 0 Å². The van der Waals surface area contributed by atoms with Crippen LogP contribution in [0.15, 0.2) is 40.5 Å². The minimum atomic E-state index is -0.133. The van der Waals surface area contributed by atoms with Gasteiger partial charge < -0.3 is 14.8 Å². The maximum Gasteiger partial charge on any atom is 0.269 e. The van der Waals surface area contributed by atoms with E-state index in [1.807, 2.05) is 29.9 Å². The number of amides is 1. The summed E-state index contributed by atoms with van der Waals surface area (Å²) in [6.07, 6.45) is 3.84. The molecule has 2 aliphatic heterocycles. The van der Waals surface area contributed by atoms with Crippen LogP contribution >= 0.6 is 11.8 Å². The van der Waals surface area contributed by atoms with Crippen LogP contribution in [0.1, 0.15) is 23.3 Å². The zero-order chi connectivity index (χ0) is 17.2. The first kappa shape index (κ1) is 16.0. The van der Waals surface area contributed by atoms with Crippen molar-refractivity contribution in [3.05, 3.63) is 41.2 Å². The molecule has 130 valence electrons. The topological polar surface area (TPSA) is 78.3 Å². The second-order valence-corrected chi connectivity index (χ2v) is 6.91. The van der Waals surface area contributed by atoms with E-state index in [1.165, 1.54) is 5.70 Å². The number of aromatic nitrogens is 3. The van der Waals surface area contributed by atoms with Crippen molar-refractivity contribution in [2.45, 2.75) is 12.8 Å². The predicted molar refractivity (Wildman–Crippen MR) is 99.2 cm³/mol. The smallest absolute Gasteiger partial charge is 0.269 e. The summed E-state index contributed by atoms with van der Waals surface area (Å²) in [5.74, 6) is -0.133. The molecule has 2 aromatic rings. The number of hydrogen-bond acceptors (Lipinski definition) is 5. The lowest BCUT2D eigenvalue weighted by Gasteiger charge is -2.25. The molecule has 4 rings (SSSR count). The Bertz CT molecular complexity index is 849. The zero-order valence-corrected chi connectivity index (χ0v) is 14.8. The Morgan fingerprint density at radius 2 is 2.40 bits per heavy atom. The molecule has 2 N–H and O–H groups in total. The number of aromatic amines is 1. The predicted octanol–water partition coefficient (Wildman–Crippen LogP) is 2.19. The normalized spacial score (nSPS) is 16.4. The number of rotatable bonds is 5. The number of nitrogens with one attached hydrogen (secondary N) is 2. The SMILES string of the molecule is Cn1cccc1-c1cc(C(=O)NCCC2=CSC3=NCCCN23)[nH]n1. The van der Waals surface area contributed by atoms with E-state index in [2.05, 4.69) is 30.8 Å². The lowest BCUT2D eigenvalue weighted by Crippen LogP contribution is -2.32. The molecule has 0 unspecified atom stereocenters. The molecule has 1 amide bonds. The zero-order valence-electron chi connectivity index (χ0n) is 14.0. The van der Waals surface area contributed by atoms with Crippen molar-refractivity contribution in [2.24, 2.45) is 12.0 Å². The highest BCUT2D eigenvalue weighted by Gasteiger charge is 2.24. The van der Waals surface area contributed by atoms with E-state index in [1.54, 1.807) is 17.8 Å². The monoisotopic (exact) mass is 356 g/mol. The molecular formula is C17H20N6OS. The molecule has 7 nitrogen and oxygen atoms in total. The van der Waals surface area contributed by atoms with E-state index in [0.29, 0.717) is 12.2 Å². The van der Waals surface area contributed by atoms with Crippen LogP contribution in [0.5, 0.6) is 0 Å². The van der Waals surface area contributed by atoms with Crippen molar-refractivity contribution in [1.29, 1.82) is 0 Å². The molecule has 0 saturated carbocycles. The van der Waals surface area contributed by atoms with Crippen molar-refractivity contribution in [3.63, 3.8) is 0 Å². The third-order valence-electron chi connectivity index (χ3n) is 4.36. The second kappa shape index (κ2) is 6.79. The average Bonchev–Trinajstić information content (AvgIpc) is 3.34. The fraction of sp³-hybridized carbons (Fsp3) is 0.353. The van der Waals surface area contributed by atoms with Gasteiger partial charge in [-0.3, -0.25) is 14.9 Å². The van der Waals surface area contributed by atoms with Crippen molar-refractivity contribution < 1.29 is 4.79 Å². The molecule has 0 aromatic carbocycles. The fourth-order valence-corrected chi connectivity index (χ4v) is 4.01. The Morgan fingerprint density at radius 1 is 1.48 bits per heavy atom. The molecule has 0 aliphatic carbocycles. The lowest BCUT2D eigenvalue weighted by atomic mass is 10.2. The summed E-state index contributed by atoms with van der Waals surface area (Å²) in [7, 11) is 1.95. The number of aliphatic imine (C=N–C) groups is 1. The lowest BCUT2D eigenvalue weighted by molar-refractivity contribution is 0.0948. The number of amidine groups is 1. The standard InChI is InChI=1S/C17H20N6OS/c1-22-8-2-4-15(22)13-10-14(21-20-13)16(24)18-7-5-12-11-25-17-19-6-3-9-23(12)17/h2,4,8,10-11H,3,5-7,9H2,1H3,(H,18,24)(H,20,21). The third-order valence-corrected chi connectivity index (χ3v) is 5.31. The van der Waals surface area contributed by atoms with Crippen LogP contribution in [-0.2, 0) is 7.05 Å². The maximum absolute atomic E-state index is 12.3. The molecule has 0 spiro atoms. The Hall–Kier alpha value is -2.48. The molecule has 4 heterocycles. The highest BCUT2D eigenvalue weighted by Crippen LogP contribution is 2.30. The van der Waals surface area contributed by atoms with Gasteiger partial charge in [0.05, 0.1) is 5.69 Å². The number of H-pyrrole nitrogens is 1. The first-order chi connectivity index (χ1) is 12.2.